The summed E-state index contributed by atoms with van der Waals surface area (Å²) in [6.07, 6.45) is 0.790. The van der Waals surface area contributed by atoms with E-state index in [-0.39, 0.29) is 40.4 Å². The van der Waals surface area contributed by atoms with Crippen LogP contribution >= 0.6 is 11.6 Å². The summed E-state index contributed by atoms with van der Waals surface area (Å²) in [5.74, 6) is -1.71. The molecule has 0 spiro atoms. The Hall–Kier alpha value is -3.70. The maximum Gasteiger partial charge on any atom is 0.162 e. The molecule has 0 bridgehead atoms. The van der Waals surface area contributed by atoms with Crippen LogP contribution in [0.15, 0.2) is 89.6 Å². The van der Waals surface area contributed by atoms with E-state index < -0.39 is 11.7 Å². The van der Waals surface area contributed by atoms with Crippen LogP contribution in [0.1, 0.15) is 49.3 Å². The Labute approximate surface area is 221 Å². The number of ketones is 1. The van der Waals surface area contributed by atoms with Gasteiger partial charge in [-0.1, -0.05) is 80.0 Å². The van der Waals surface area contributed by atoms with E-state index in [1.807, 2.05) is 39.0 Å². The lowest BCUT2D eigenvalue weighted by molar-refractivity contribution is -0.118. The molecule has 0 radical (unpaired) electrons. The van der Waals surface area contributed by atoms with Crippen molar-refractivity contribution in [3.05, 3.63) is 117 Å². The minimum absolute atomic E-state index is 0.0150. The Morgan fingerprint density at radius 3 is 2.41 bits per heavy atom. The number of anilines is 1. The second kappa shape index (κ2) is 9.31. The van der Waals surface area contributed by atoms with Gasteiger partial charge in [0.1, 0.15) is 17.4 Å². The van der Waals surface area contributed by atoms with E-state index >= 15 is 4.39 Å². The van der Waals surface area contributed by atoms with E-state index in [4.69, 9.17) is 11.6 Å². The van der Waals surface area contributed by atoms with Crippen molar-refractivity contribution in [1.82, 2.24) is 0 Å². The van der Waals surface area contributed by atoms with Crippen molar-refractivity contribution < 1.29 is 14.3 Å². The van der Waals surface area contributed by atoms with Gasteiger partial charge in [0.2, 0.25) is 0 Å². The van der Waals surface area contributed by atoms with Gasteiger partial charge < -0.3 is 5.11 Å². The van der Waals surface area contributed by atoms with Crippen LogP contribution < -0.4 is 4.90 Å². The normalized spacial score (nSPS) is 20.7. The number of carbonyl (C=O) groups is 1. The molecule has 1 aliphatic heterocycles. The maximum atomic E-state index is 15.4. The van der Waals surface area contributed by atoms with Gasteiger partial charge in [0, 0.05) is 51.0 Å². The standard InChI is InChI=1S/C31H28ClFN2O2/c1-18-13-14-20(15-22(18)32)35-24-16-31(2,3)17-25(36)27(24)26(21-11-7-8-12-23(21)33)28(30(35)34)29(37)19-9-5-4-6-10-19/h4-15,26,34,37H,16-17H2,1-3H3/b29-28+,34-30?. The number of Topliss-reactive ketones (excluding diaryl/α,β-unsaturated/α-hetero) is 1. The third-order valence-corrected chi connectivity index (χ3v) is 7.56. The van der Waals surface area contributed by atoms with Crippen LogP contribution in [0.25, 0.3) is 5.76 Å². The first-order chi connectivity index (χ1) is 17.6. The first-order valence-electron chi connectivity index (χ1n) is 12.2. The number of carbonyl (C=O) groups excluding carboxylic acids is 1. The summed E-state index contributed by atoms with van der Waals surface area (Å²) in [6, 6.07) is 20.6. The van der Waals surface area contributed by atoms with Crippen LogP contribution in [0.5, 0.6) is 0 Å². The molecular weight excluding hydrogens is 487 g/mol. The molecule has 37 heavy (non-hydrogen) atoms. The van der Waals surface area contributed by atoms with Gasteiger partial charge >= 0.3 is 0 Å². The molecule has 0 fully saturated rings. The van der Waals surface area contributed by atoms with E-state index in [9.17, 15) is 15.3 Å². The van der Waals surface area contributed by atoms with Gasteiger partial charge in [0.15, 0.2) is 5.78 Å². The molecule has 3 aromatic rings. The van der Waals surface area contributed by atoms with E-state index in [0.29, 0.717) is 34.0 Å². The predicted molar refractivity (Wildman–Crippen MR) is 147 cm³/mol. The lowest BCUT2D eigenvalue weighted by Gasteiger charge is -2.45. The second-order valence-corrected chi connectivity index (χ2v) is 10.9. The quantitative estimate of drug-likeness (QED) is 0.348. The van der Waals surface area contributed by atoms with E-state index in [0.717, 1.165) is 5.56 Å². The van der Waals surface area contributed by atoms with Gasteiger partial charge in [0.25, 0.3) is 0 Å². The van der Waals surface area contributed by atoms with E-state index in [1.165, 1.54) is 6.07 Å². The van der Waals surface area contributed by atoms with Crippen LogP contribution in [0, 0.1) is 23.6 Å². The monoisotopic (exact) mass is 514 g/mol. The summed E-state index contributed by atoms with van der Waals surface area (Å²) in [5.41, 5.74) is 3.12. The molecular formula is C31H28ClFN2O2. The fourth-order valence-electron chi connectivity index (χ4n) is 5.39. The van der Waals surface area contributed by atoms with Crippen LogP contribution in [0.2, 0.25) is 5.02 Å². The number of nitrogens with zero attached hydrogens (tertiary/aromatic N) is 1. The number of hydrogen-bond acceptors (Lipinski definition) is 3. The third-order valence-electron chi connectivity index (χ3n) is 7.15. The van der Waals surface area contributed by atoms with Crippen LogP contribution in [0.3, 0.4) is 0 Å². The average Bonchev–Trinajstić information content (AvgIpc) is 2.85. The highest BCUT2D eigenvalue weighted by Crippen LogP contribution is 2.51. The van der Waals surface area contributed by atoms with Gasteiger partial charge in [-0.2, -0.15) is 0 Å². The number of nitrogens with one attached hydrogen (secondary N) is 1. The fourth-order valence-corrected chi connectivity index (χ4v) is 5.57. The van der Waals surface area contributed by atoms with Gasteiger partial charge in [-0.3, -0.25) is 15.1 Å². The van der Waals surface area contributed by atoms with Crippen LogP contribution in [-0.2, 0) is 4.79 Å². The smallest absolute Gasteiger partial charge is 0.162 e. The lowest BCUT2D eigenvalue weighted by atomic mass is 9.67. The maximum absolute atomic E-state index is 15.4. The molecule has 3 aromatic carbocycles. The van der Waals surface area contributed by atoms with Gasteiger partial charge in [-0.15, -0.1) is 0 Å². The molecule has 0 amide bonds. The minimum atomic E-state index is -0.926. The number of aliphatic hydroxyl groups excluding tert-OH is 1. The summed E-state index contributed by atoms with van der Waals surface area (Å²) in [6.45, 7) is 5.93. The SMILES string of the molecule is Cc1ccc(N2C(=N)/C(=C(/O)c3ccccc3)C(c3ccccc3F)C3=C2CC(C)(C)CC3=O)cc1Cl. The van der Waals surface area contributed by atoms with Crippen molar-refractivity contribution in [2.45, 2.75) is 39.5 Å². The minimum Gasteiger partial charge on any atom is -0.507 e. The third kappa shape index (κ3) is 4.38. The molecule has 6 heteroatoms. The predicted octanol–water partition coefficient (Wildman–Crippen LogP) is 7.98. The Kier molecular flexibility index (Phi) is 6.28. The Morgan fingerprint density at radius 1 is 1.05 bits per heavy atom. The molecule has 1 atom stereocenters. The van der Waals surface area contributed by atoms with Crippen molar-refractivity contribution >= 4 is 34.7 Å². The number of allylic oxidation sites excluding steroid dienone is 2. The van der Waals surface area contributed by atoms with Gasteiger partial charge in [0.05, 0.1) is 0 Å². The highest BCUT2D eigenvalue weighted by molar-refractivity contribution is 6.32. The number of halogens is 2. The highest BCUT2D eigenvalue weighted by atomic mass is 35.5. The first-order valence-corrected chi connectivity index (χ1v) is 12.6. The van der Waals surface area contributed by atoms with Gasteiger partial charge in [-0.25, -0.2) is 4.39 Å². The molecule has 1 unspecified atom stereocenters. The summed E-state index contributed by atoms with van der Waals surface area (Å²) in [4.78, 5) is 15.5. The molecule has 0 saturated heterocycles. The number of hydrogen-bond donors (Lipinski definition) is 2. The van der Waals surface area contributed by atoms with Crippen LogP contribution in [-0.4, -0.2) is 16.7 Å². The number of rotatable bonds is 3. The zero-order valence-corrected chi connectivity index (χ0v) is 21.7. The van der Waals surface area contributed by atoms with Crippen molar-refractivity contribution in [1.29, 1.82) is 5.41 Å². The average molecular weight is 515 g/mol. The zero-order valence-electron chi connectivity index (χ0n) is 21.0. The molecule has 5 rings (SSSR count). The summed E-state index contributed by atoms with van der Waals surface area (Å²) >= 11 is 6.49. The van der Waals surface area contributed by atoms with Crippen LogP contribution in [0.4, 0.5) is 10.1 Å². The molecule has 4 nitrogen and oxygen atoms in total. The highest BCUT2D eigenvalue weighted by Gasteiger charge is 2.47. The summed E-state index contributed by atoms with van der Waals surface area (Å²) < 4.78 is 15.4. The van der Waals surface area contributed by atoms with Crippen molar-refractivity contribution in [3.63, 3.8) is 0 Å². The molecule has 188 valence electrons. The zero-order chi connectivity index (χ0) is 26.5. The number of benzene rings is 3. The molecule has 2 N–H and O–H groups in total. The fraction of sp³-hybridized carbons (Fsp3) is 0.226. The van der Waals surface area contributed by atoms with Crippen molar-refractivity contribution in [3.8, 4) is 0 Å². The van der Waals surface area contributed by atoms with E-state index in [1.54, 1.807) is 53.4 Å². The number of amidine groups is 1. The topological polar surface area (TPSA) is 64.4 Å². The van der Waals surface area contributed by atoms with Crippen molar-refractivity contribution in [2.75, 3.05) is 4.90 Å². The lowest BCUT2D eigenvalue weighted by Crippen LogP contribution is -2.45. The Balaban J connectivity index is 1.88. The van der Waals surface area contributed by atoms with E-state index in [2.05, 4.69) is 0 Å². The number of aliphatic hydroxyl groups is 1. The molecule has 2 aliphatic rings. The number of aryl methyl sites for hydroxylation is 1. The molecule has 0 saturated carbocycles. The summed E-state index contributed by atoms with van der Waals surface area (Å²) in [7, 11) is 0. The Morgan fingerprint density at radius 2 is 1.73 bits per heavy atom. The second-order valence-electron chi connectivity index (χ2n) is 10.5. The van der Waals surface area contributed by atoms with Crippen molar-refractivity contribution in [2.24, 2.45) is 5.41 Å². The molecule has 0 aromatic heterocycles. The molecule has 1 aliphatic carbocycles. The summed E-state index contributed by atoms with van der Waals surface area (Å²) in [5, 5.41) is 21.6. The van der Waals surface area contributed by atoms with Gasteiger partial charge in [-0.05, 0) is 42.5 Å². The first kappa shape index (κ1) is 25.0. The Bertz CT molecular complexity index is 1490. The molecule has 1 heterocycles. The largest absolute Gasteiger partial charge is 0.507 e.